The molecule has 2 aromatic heterocycles. The van der Waals surface area contributed by atoms with Crippen LogP contribution >= 0.6 is 0 Å². The molecule has 0 aliphatic rings. The lowest BCUT2D eigenvalue weighted by atomic mass is 10.0. The summed E-state index contributed by atoms with van der Waals surface area (Å²) in [4.78, 5) is 11.7. The Kier molecular flexibility index (Phi) is 5.33. The number of fused-ring (bicyclic) bond motifs is 1. The molecule has 2 N–H and O–H groups in total. The van der Waals surface area contributed by atoms with Crippen LogP contribution in [0.25, 0.3) is 22.2 Å². The standard InChI is InChI=1S/C22H17F3N4O/c23-22(24,25)19-12-20(29-21(28-19)15-7-9-26-10-8-15)27-13-18(30)17-6-5-14-3-1-2-4-16(14)11-17/h1-12,18,30H,13H2,(H,27,28,29). The molecular formula is C22H17F3N4O. The second-order valence-corrected chi connectivity index (χ2v) is 6.70. The van der Waals surface area contributed by atoms with Crippen LogP contribution in [0.4, 0.5) is 19.0 Å². The highest BCUT2D eigenvalue weighted by molar-refractivity contribution is 5.83. The number of aliphatic hydroxyl groups excluding tert-OH is 1. The van der Waals surface area contributed by atoms with E-state index >= 15 is 0 Å². The summed E-state index contributed by atoms with van der Waals surface area (Å²) < 4.78 is 39.9. The Morgan fingerprint density at radius 3 is 2.37 bits per heavy atom. The lowest BCUT2D eigenvalue weighted by Gasteiger charge is -2.15. The van der Waals surface area contributed by atoms with Gasteiger partial charge < -0.3 is 10.4 Å². The zero-order chi connectivity index (χ0) is 21.1. The van der Waals surface area contributed by atoms with E-state index in [-0.39, 0.29) is 18.2 Å². The Morgan fingerprint density at radius 1 is 0.900 bits per heavy atom. The maximum absolute atomic E-state index is 13.3. The van der Waals surface area contributed by atoms with E-state index in [0.717, 1.165) is 16.8 Å². The summed E-state index contributed by atoms with van der Waals surface area (Å²) in [7, 11) is 0. The van der Waals surface area contributed by atoms with Crippen LogP contribution in [0, 0.1) is 0 Å². The quantitative estimate of drug-likeness (QED) is 0.492. The number of nitrogens with zero attached hydrogens (tertiary/aromatic N) is 3. The zero-order valence-electron chi connectivity index (χ0n) is 15.6. The lowest BCUT2D eigenvalue weighted by Crippen LogP contribution is -2.16. The summed E-state index contributed by atoms with van der Waals surface area (Å²) in [5.74, 6) is -0.0982. The van der Waals surface area contributed by atoms with Crippen molar-refractivity contribution < 1.29 is 18.3 Å². The Balaban J connectivity index is 1.58. The highest BCUT2D eigenvalue weighted by Crippen LogP contribution is 2.31. The van der Waals surface area contributed by atoms with E-state index in [0.29, 0.717) is 11.1 Å². The van der Waals surface area contributed by atoms with Gasteiger partial charge in [0.1, 0.15) is 5.82 Å². The third-order valence-electron chi connectivity index (χ3n) is 4.59. The summed E-state index contributed by atoms with van der Waals surface area (Å²) in [5.41, 5.74) is 0.00175. The molecule has 0 bridgehead atoms. The number of rotatable bonds is 5. The number of alkyl halides is 3. The van der Waals surface area contributed by atoms with Gasteiger partial charge in [-0.15, -0.1) is 0 Å². The molecule has 0 saturated heterocycles. The zero-order valence-corrected chi connectivity index (χ0v) is 15.6. The Labute approximate surface area is 170 Å². The summed E-state index contributed by atoms with van der Waals surface area (Å²) >= 11 is 0. The van der Waals surface area contributed by atoms with E-state index < -0.39 is 18.0 Å². The van der Waals surface area contributed by atoms with E-state index in [1.54, 1.807) is 6.07 Å². The number of hydrogen-bond acceptors (Lipinski definition) is 5. The van der Waals surface area contributed by atoms with Gasteiger partial charge >= 0.3 is 6.18 Å². The van der Waals surface area contributed by atoms with Gasteiger partial charge in [0.15, 0.2) is 11.5 Å². The molecule has 0 fully saturated rings. The first kappa shape index (κ1) is 19.8. The van der Waals surface area contributed by atoms with E-state index in [1.807, 2.05) is 36.4 Å². The molecular weight excluding hydrogens is 393 g/mol. The van der Waals surface area contributed by atoms with Gasteiger partial charge in [0.2, 0.25) is 0 Å². The van der Waals surface area contributed by atoms with Crippen molar-refractivity contribution in [3.8, 4) is 11.4 Å². The minimum atomic E-state index is -4.63. The predicted octanol–water partition coefficient (Wildman–Crippen LogP) is 4.86. The number of nitrogens with one attached hydrogen (secondary N) is 1. The van der Waals surface area contributed by atoms with Crippen molar-refractivity contribution in [1.82, 2.24) is 15.0 Å². The highest BCUT2D eigenvalue weighted by Gasteiger charge is 2.34. The van der Waals surface area contributed by atoms with Gasteiger partial charge in [0, 0.05) is 30.6 Å². The van der Waals surface area contributed by atoms with Crippen LogP contribution in [-0.4, -0.2) is 26.6 Å². The second kappa shape index (κ2) is 8.08. The molecule has 0 spiro atoms. The van der Waals surface area contributed by atoms with E-state index in [1.165, 1.54) is 24.5 Å². The molecule has 8 heteroatoms. The van der Waals surface area contributed by atoms with Crippen molar-refractivity contribution in [3.05, 3.63) is 84.3 Å². The van der Waals surface area contributed by atoms with Gasteiger partial charge in [-0.3, -0.25) is 4.98 Å². The van der Waals surface area contributed by atoms with Crippen LogP contribution in [0.15, 0.2) is 73.1 Å². The summed E-state index contributed by atoms with van der Waals surface area (Å²) in [6.45, 7) is -0.0115. The number of aromatic nitrogens is 3. The third-order valence-corrected chi connectivity index (χ3v) is 4.59. The molecule has 4 rings (SSSR count). The van der Waals surface area contributed by atoms with E-state index in [4.69, 9.17) is 0 Å². The van der Waals surface area contributed by atoms with Crippen LogP contribution in [0.1, 0.15) is 17.4 Å². The van der Waals surface area contributed by atoms with Gasteiger partial charge in [0.05, 0.1) is 6.10 Å². The Bertz CT molecular complexity index is 1170. The molecule has 2 aromatic carbocycles. The number of pyridine rings is 1. The number of halogens is 3. The summed E-state index contributed by atoms with van der Waals surface area (Å²) in [6, 6.07) is 17.1. The van der Waals surface area contributed by atoms with Gasteiger partial charge in [0.25, 0.3) is 0 Å². The van der Waals surface area contributed by atoms with Gasteiger partial charge in [-0.05, 0) is 34.5 Å². The van der Waals surface area contributed by atoms with Gasteiger partial charge in [-0.2, -0.15) is 13.2 Å². The van der Waals surface area contributed by atoms with Crippen LogP contribution in [-0.2, 0) is 6.18 Å². The first-order valence-corrected chi connectivity index (χ1v) is 9.17. The highest BCUT2D eigenvalue weighted by atomic mass is 19.4. The van der Waals surface area contributed by atoms with Crippen molar-refractivity contribution in [3.63, 3.8) is 0 Å². The van der Waals surface area contributed by atoms with Crippen LogP contribution < -0.4 is 5.32 Å². The average molecular weight is 410 g/mol. The molecule has 0 amide bonds. The summed E-state index contributed by atoms with van der Waals surface area (Å²) in [5, 5.41) is 15.3. The van der Waals surface area contributed by atoms with Crippen molar-refractivity contribution in [2.75, 3.05) is 11.9 Å². The van der Waals surface area contributed by atoms with Crippen molar-refractivity contribution in [1.29, 1.82) is 0 Å². The monoisotopic (exact) mass is 410 g/mol. The third kappa shape index (κ3) is 4.38. The van der Waals surface area contributed by atoms with E-state index in [9.17, 15) is 18.3 Å². The fourth-order valence-electron chi connectivity index (χ4n) is 3.05. The fourth-order valence-corrected chi connectivity index (χ4v) is 3.05. The molecule has 0 aliphatic carbocycles. The second-order valence-electron chi connectivity index (χ2n) is 6.70. The van der Waals surface area contributed by atoms with Crippen molar-refractivity contribution in [2.24, 2.45) is 0 Å². The SMILES string of the molecule is OC(CNc1cc(C(F)(F)F)nc(-c2ccncc2)n1)c1ccc2ccccc2c1. The predicted molar refractivity (Wildman–Crippen MR) is 108 cm³/mol. The molecule has 0 radical (unpaired) electrons. The number of aliphatic hydroxyl groups is 1. The van der Waals surface area contributed by atoms with Crippen molar-refractivity contribution >= 4 is 16.6 Å². The maximum atomic E-state index is 13.3. The molecule has 1 unspecified atom stereocenters. The molecule has 5 nitrogen and oxygen atoms in total. The normalized spacial score (nSPS) is 12.7. The average Bonchev–Trinajstić information content (AvgIpc) is 2.77. The Hall–Kier alpha value is -3.52. The topological polar surface area (TPSA) is 70.9 Å². The van der Waals surface area contributed by atoms with Crippen LogP contribution in [0.3, 0.4) is 0 Å². The number of hydrogen-bond donors (Lipinski definition) is 2. The number of anilines is 1. The van der Waals surface area contributed by atoms with E-state index in [2.05, 4.69) is 20.3 Å². The maximum Gasteiger partial charge on any atom is 0.433 e. The number of benzene rings is 2. The van der Waals surface area contributed by atoms with Crippen molar-refractivity contribution in [2.45, 2.75) is 12.3 Å². The Morgan fingerprint density at radius 2 is 1.63 bits per heavy atom. The summed E-state index contributed by atoms with van der Waals surface area (Å²) in [6.07, 6.45) is -2.65. The van der Waals surface area contributed by atoms with Crippen LogP contribution in [0.2, 0.25) is 0 Å². The molecule has 30 heavy (non-hydrogen) atoms. The van der Waals surface area contributed by atoms with Gasteiger partial charge in [-0.25, -0.2) is 9.97 Å². The molecule has 2 heterocycles. The largest absolute Gasteiger partial charge is 0.433 e. The molecule has 0 aliphatic heterocycles. The fraction of sp³-hybridized carbons (Fsp3) is 0.136. The molecule has 4 aromatic rings. The molecule has 152 valence electrons. The van der Waals surface area contributed by atoms with Gasteiger partial charge in [-0.1, -0.05) is 36.4 Å². The minimum absolute atomic E-state index is 0.0115. The molecule has 0 saturated carbocycles. The smallest absolute Gasteiger partial charge is 0.387 e. The first-order valence-electron chi connectivity index (χ1n) is 9.17. The lowest BCUT2D eigenvalue weighted by molar-refractivity contribution is -0.141. The van der Waals surface area contributed by atoms with Crippen LogP contribution in [0.5, 0.6) is 0 Å². The minimum Gasteiger partial charge on any atom is -0.387 e. The molecule has 1 atom stereocenters. The first-order chi connectivity index (χ1) is 14.4.